The van der Waals surface area contributed by atoms with Gasteiger partial charge in [-0.1, -0.05) is 6.92 Å². The smallest absolute Gasteiger partial charge is 0.236 e. The van der Waals surface area contributed by atoms with Gasteiger partial charge in [0.1, 0.15) is 5.75 Å². The van der Waals surface area contributed by atoms with E-state index in [-0.39, 0.29) is 40.6 Å². The van der Waals surface area contributed by atoms with Crippen molar-refractivity contribution in [1.29, 1.82) is 0 Å². The van der Waals surface area contributed by atoms with Gasteiger partial charge in [0.25, 0.3) is 0 Å². The van der Waals surface area contributed by atoms with Crippen LogP contribution in [0.5, 0.6) is 17.2 Å². The molecule has 124 valence electrons. The van der Waals surface area contributed by atoms with Crippen molar-refractivity contribution >= 4 is 11.6 Å². The highest BCUT2D eigenvalue weighted by atomic mass is 16.5. The van der Waals surface area contributed by atoms with Crippen LogP contribution in [0.15, 0.2) is 11.5 Å². The summed E-state index contributed by atoms with van der Waals surface area (Å²) in [6.45, 7) is 3.65. The normalized spacial score (nSPS) is 13.9. The summed E-state index contributed by atoms with van der Waals surface area (Å²) in [5, 5.41) is 20.9. The molecule has 23 heavy (non-hydrogen) atoms. The van der Waals surface area contributed by atoms with Gasteiger partial charge in [0.15, 0.2) is 11.5 Å². The maximum absolute atomic E-state index is 12.6. The molecule has 0 heterocycles. The molecule has 0 saturated carbocycles. The fourth-order valence-corrected chi connectivity index (χ4v) is 2.63. The number of allylic oxidation sites excluding steroid dienone is 2. The zero-order valence-corrected chi connectivity index (χ0v) is 13.3. The summed E-state index contributed by atoms with van der Waals surface area (Å²) in [5.41, 5.74) is -0.392. The number of methoxy groups -OCH3 is 2. The minimum absolute atomic E-state index is 0.0104. The van der Waals surface area contributed by atoms with Gasteiger partial charge in [0, 0.05) is 5.56 Å². The van der Waals surface area contributed by atoms with Gasteiger partial charge in [-0.05, 0) is 13.3 Å². The van der Waals surface area contributed by atoms with Crippen molar-refractivity contribution in [3.8, 4) is 17.2 Å². The van der Waals surface area contributed by atoms with Crippen LogP contribution in [0.2, 0.25) is 0 Å². The van der Waals surface area contributed by atoms with Gasteiger partial charge in [0.2, 0.25) is 23.1 Å². The van der Waals surface area contributed by atoms with Crippen LogP contribution >= 0.6 is 0 Å². The fraction of sp³-hybridized carbons (Fsp3) is 0.375. The number of ether oxygens (including phenoxy) is 3. The molecule has 7 nitrogen and oxygen atoms in total. The molecule has 1 aromatic carbocycles. The molecule has 0 bridgehead atoms. The molecular weight excluding hydrogens is 304 g/mol. The van der Waals surface area contributed by atoms with E-state index in [1.807, 2.05) is 0 Å². The van der Waals surface area contributed by atoms with E-state index in [1.165, 1.54) is 14.2 Å². The van der Waals surface area contributed by atoms with Crippen molar-refractivity contribution in [3.63, 3.8) is 0 Å². The Bertz CT molecular complexity index is 716. The van der Waals surface area contributed by atoms with Crippen molar-refractivity contribution in [2.75, 3.05) is 20.8 Å². The zero-order chi connectivity index (χ0) is 17.3. The van der Waals surface area contributed by atoms with Crippen LogP contribution in [-0.4, -0.2) is 42.6 Å². The fourth-order valence-electron chi connectivity index (χ4n) is 2.63. The first-order valence-electron chi connectivity index (χ1n) is 7.09. The van der Waals surface area contributed by atoms with E-state index in [9.17, 15) is 19.8 Å². The number of aromatic hydroxyl groups is 2. The van der Waals surface area contributed by atoms with Crippen molar-refractivity contribution in [2.45, 2.75) is 20.3 Å². The Morgan fingerprint density at radius 1 is 0.870 bits per heavy atom. The van der Waals surface area contributed by atoms with E-state index in [4.69, 9.17) is 14.2 Å². The molecule has 0 radical (unpaired) electrons. The lowest BCUT2D eigenvalue weighted by Crippen LogP contribution is -2.25. The zero-order valence-electron chi connectivity index (χ0n) is 13.3. The Hall–Kier alpha value is -2.70. The number of phenols is 2. The van der Waals surface area contributed by atoms with E-state index in [1.54, 1.807) is 13.8 Å². The number of carbonyl (C=O) groups excluding carboxylic acids is 2. The topological polar surface area (TPSA) is 102 Å². The van der Waals surface area contributed by atoms with Crippen LogP contribution in [0.3, 0.4) is 0 Å². The van der Waals surface area contributed by atoms with Crippen LogP contribution in [0, 0.1) is 0 Å². The summed E-state index contributed by atoms with van der Waals surface area (Å²) < 4.78 is 15.2. The average Bonchev–Trinajstić information content (AvgIpc) is 2.53. The summed E-state index contributed by atoms with van der Waals surface area (Å²) in [7, 11) is 2.43. The third-order valence-electron chi connectivity index (χ3n) is 3.62. The largest absolute Gasteiger partial charge is 0.507 e. The number of hydrogen-bond donors (Lipinski definition) is 2. The lowest BCUT2D eigenvalue weighted by atomic mass is 9.87. The number of phenolic OH excluding ortho intramolecular Hbond substituents is 2. The molecule has 1 aliphatic rings. The minimum atomic E-state index is -0.754. The Morgan fingerprint density at radius 2 is 1.35 bits per heavy atom. The molecule has 0 aliphatic heterocycles. The molecule has 0 unspecified atom stereocenters. The number of benzene rings is 1. The Labute approximate surface area is 133 Å². The molecule has 0 saturated heterocycles. The van der Waals surface area contributed by atoms with Gasteiger partial charge >= 0.3 is 0 Å². The van der Waals surface area contributed by atoms with Crippen LogP contribution in [0.1, 0.15) is 40.1 Å². The van der Waals surface area contributed by atoms with Crippen molar-refractivity contribution in [2.24, 2.45) is 0 Å². The van der Waals surface area contributed by atoms with E-state index >= 15 is 0 Å². The Kier molecular flexibility index (Phi) is 4.49. The molecule has 2 N–H and O–H groups in total. The summed E-state index contributed by atoms with van der Waals surface area (Å²) in [5.74, 6) is -3.02. The quantitative estimate of drug-likeness (QED) is 0.799. The third-order valence-corrected chi connectivity index (χ3v) is 3.62. The van der Waals surface area contributed by atoms with Crippen LogP contribution in [0.4, 0.5) is 0 Å². The summed E-state index contributed by atoms with van der Waals surface area (Å²) >= 11 is 0. The van der Waals surface area contributed by atoms with Gasteiger partial charge in [-0.15, -0.1) is 0 Å². The van der Waals surface area contributed by atoms with Gasteiger partial charge in [0.05, 0.1) is 32.0 Å². The Morgan fingerprint density at radius 3 is 1.74 bits per heavy atom. The second-order valence-corrected chi connectivity index (χ2v) is 4.77. The van der Waals surface area contributed by atoms with Crippen molar-refractivity contribution in [3.05, 3.63) is 28.2 Å². The maximum Gasteiger partial charge on any atom is 0.236 e. The number of ketones is 2. The minimum Gasteiger partial charge on any atom is -0.507 e. The molecule has 0 atom stereocenters. The summed E-state index contributed by atoms with van der Waals surface area (Å²) in [6.07, 6.45) is 0.298. The molecule has 2 rings (SSSR count). The van der Waals surface area contributed by atoms with Crippen LogP contribution in [0.25, 0.3) is 0 Å². The highest BCUT2D eigenvalue weighted by Crippen LogP contribution is 2.47. The number of hydrogen-bond acceptors (Lipinski definition) is 7. The van der Waals surface area contributed by atoms with Crippen molar-refractivity contribution in [1.82, 2.24) is 0 Å². The molecular formula is C16H18O7. The SMILES string of the molecule is CCOc1c(O)c2c(c(O)c1CC)C(=O)C(OC)=C(OC)C2=O. The highest BCUT2D eigenvalue weighted by molar-refractivity contribution is 6.28. The molecule has 0 spiro atoms. The summed E-state index contributed by atoms with van der Waals surface area (Å²) in [4.78, 5) is 25.1. The second-order valence-electron chi connectivity index (χ2n) is 4.77. The van der Waals surface area contributed by atoms with Gasteiger partial charge in [-0.2, -0.15) is 0 Å². The van der Waals surface area contributed by atoms with Gasteiger partial charge < -0.3 is 24.4 Å². The first kappa shape index (κ1) is 16.7. The lowest BCUT2D eigenvalue weighted by molar-refractivity contribution is 0.0823. The number of rotatable bonds is 5. The molecule has 1 aromatic rings. The predicted molar refractivity (Wildman–Crippen MR) is 80.0 cm³/mol. The van der Waals surface area contributed by atoms with Crippen LogP contribution < -0.4 is 4.74 Å². The Balaban J connectivity index is 2.88. The van der Waals surface area contributed by atoms with Crippen molar-refractivity contribution < 1.29 is 34.0 Å². The molecule has 0 fully saturated rings. The summed E-state index contributed by atoms with van der Waals surface area (Å²) in [6, 6.07) is 0. The number of fused-ring (bicyclic) bond motifs is 1. The molecule has 7 heteroatoms. The van der Waals surface area contributed by atoms with E-state index < -0.39 is 23.1 Å². The standard InChI is InChI=1S/C16H18O7/c1-5-7-10(17)8-9(11(18)14(7)23-6-2)13(20)16(22-4)15(21-3)12(8)19/h17-18H,5-6H2,1-4H3. The number of carbonyl (C=O) groups is 2. The number of Topliss-reactive ketones (excluding diaryl/α,β-unsaturated/α-hetero) is 2. The molecule has 1 aliphatic carbocycles. The van der Waals surface area contributed by atoms with Gasteiger partial charge in [-0.3, -0.25) is 9.59 Å². The van der Waals surface area contributed by atoms with E-state index in [0.717, 1.165) is 0 Å². The first-order chi connectivity index (χ1) is 10.9. The molecule has 0 amide bonds. The lowest BCUT2D eigenvalue weighted by Gasteiger charge is -2.23. The van der Waals surface area contributed by atoms with Gasteiger partial charge in [-0.25, -0.2) is 0 Å². The predicted octanol–water partition coefficient (Wildman–Crippen LogP) is 1.94. The average molecular weight is 322 g/mol. The first-order valence-corrected chi connectivity index (χ1v) is 7.09. The highest BCUT2D eigenvalue weighted by Gasteiger charge is 2.41. The van der Waals surface area contributed by atoms with E-state index in [2.05, 4.69) is 0 Å². The van der Waals surface area contributed by atoms with Crippen LogP contribution in [-0.2, 0) is 15.9 Å². The maximum atomic E-state index is 12.6. The van der Waals surface area contributed by atoms with E-state index in [0.29, 0.717) is 6.42 Å². The third kappa shape index (κ3) is 2.28. The monoisotopic (exact) mass is 322 g/mol. The second kappa shape index (κ2) is 6.20. The molecule has 0 aromatic heterocycles.